The molecule has 0 fully saturated rings. The Bertz CT molecular complexity index is 385. The predicted octanol–water partition coefficient (Wildman–Crippen LogP) is 2.57. The van der Waals surface area contributed by atoms with Crippen molar-refractivity contribution in [3.63, 3.8) is 0 Å². The minimum atomic E-state index is -0.669. The predicted molar refractivity (Wildman–Crippen MR) is 72.3 cm³/mol. The number of rotatable bonds is 4. The third-order valence-corrected chi connectivity index (χ3v) is 3.21. The highest BCUT2D eigenvalue weighted by Crippen LogP contribution is 2.12. The van der Waals surface area contributed by atoms with E-state index in [0.29, 0.717) is 11.5 Å². The van der Waals surface area contributed by atoms with Gasteiger partial charge in [-0.15, -0.1) is 0 Å². The average Bonchev–Trinajstić information content (AvgIpc) is 2.28. The molecule has 0 aromatic heterocycles. The summed E-state index contributed by atoms with van der Waals surface area (Å²) in [6.07, 6.45) is 0. The second-order valence-corrected chi connectivity index (χ2v) is 4.34. The van der Waals surface area contributed by atoms with Crippen LogP contribution in [0.1, 0.15) is 18.1 Å². The average molecular weight is 254 g/mol. The molecule has 1 aromatic rings. The van der Waals surface area contributed by atoms with Crippen LogP contribution in [0.5, 0.6) is 0 Å². The van der Waals surface area contributed by atoms with Gasteiger partial charge in [0.15, 0.2) is 0 Å². The highest BCUT2D eigenvalue weighted by molar-refractivity contribution is 7.87. The summed E-state index contributed by atoms with van der Waals surface area (Å²) in [7, 11) is 0. The van der Waals surface area contributed by atoms with Gasteiger partial charge in [0.1, 0.15) is 5.25 Å². The molecule has 0 bridgehead atoms. The van der Waals surface area contributed by atoms with Crippen LogP contribution in [0.3, 0.4) is 0 Å². The van der Waals surface area contributed by atoms with Crippen LogP contribution in [0, 0.1) is 6.92 Å². The Balaban J connectivity index is 2.78. The van der Waals surface area contributed by atoms with Crippen molar-refractivity contribution in [2.75, 3.05) is 6.61 Å². The molecule has 0 aliphatic carbocycles. The van der Waals surface area contributed by atoms with Crippen LogP contribution >= 0.6 is 24.8 Å². The highest BCUT2D eigenvalue weighted by atomic mass is 32.1. The van der Waals surface area contributed by atoms with Crippen LogP contribution in [0.25, 0.3) is 0 Å². The van der Waals surface area contributed by atoms with Gasteiger partial charge in [0.2, 0.25) is 0 Å². The molecule has 0 aliphatic heterocycles. The molecule has 0 heterocycles. The standard InChI is InChI=1S/C12H14O2S2/c1-3-14-12(13)11(16)10(15)9-6-4-8(2)5-7-9/h4-7,11,16H,3H2,1-2H3. The number of aryl methyl sites for hydroxylation is 1. The smallest absolute Gasteiger partial charge is 0.324 e. The molecule has 1 atom stereocenters. The summed E-state index contributed by atoms with van der Waals surface area (Å²) < 4.78 is 4.87. The lowest BCUT2D eigenvalue weighted by molar-refractivity contribution is -0.141. The number of carbonyl (C=O) groups is 1. The van der Waals surface area contributed by atoms with E-state index in [-0.39, 0.29) is 0 Å². The van der Waals surface area contributed by atoms with E-state index in [0.717, 1.165) is 11.1 Å². The van der Waals surface area contributed by atoms with Crippen molar-refractivity contribution in [1.29, 1.82) is 0 Å². The Morgan fingerprint density at radius 2 is 2.00 bits per heavy atom. The van der Waals surface area contributed by atoms with Crippen molar-refractivity contribution in [3.05, 3.63) is 35.4 Å². The van der Waals surface area contributed by atoms with Crippen LogP contribution in [0.15, 0.2) is 24.3 Å². The Hall–Kier alpha value is -0.870. The first-order valence-electron chi connectivity index (χ1n) is 5.02. The van der Waals surface area contributed by atoms with Crippen molar-refractivity contribution in [2.24, 2.45) is 0 Å². The number of esters is 1. The van der Waals surface area contributed by atoms with Gasteiger partial charge in [-0.3, -0.25) is 4.79 Å². The first-order chi connectivity index (χ1) is 7.56. The Morgan fingerprint density at radius 1 is 1.44 bits per heavy atom. The summed E-state index contributed by atoms with van der Waals surface area (Å²) in [5, 5.41) is -0.669. The lowest BCUT2D eigenvalue weighted by Gasteiger charge is -2.11. The zero-order valence-corrected chi connectivity index (χ0v) is 11.0. The molecular formula is C12H14O2S2. The molecule has 0 saturated carbocycles. The topological polar surface area (TPSA) is 26.3 Å². The molecule has 0 saturated heterocycles. The molecule has 1 unspecified atom stereocenters. The maximum Gasteiger partial charge on any atom is 0.324 e. The van der Waals surface area contributed by atoms with Gasteiger partial charge in [-0.2, -0.15) is 12.6 Å². The monoisotopic (exact) mass is 254 g/mol. The number of carbonyl (C=O) groups excluding carboxylic acids is 1. The molecule has 0 N–H and O–H groups in total. The van der Waals surface area contributed by atoms with Gasteiger partial charge in [-0.1, -0.05) is 42.0 Å². The molecule has 1 aromatic carbocycles. The zero-order chi connectivity index (χ0) is 12.1. The van der Waals surface area contributed by atoms with Gasteiger partial charge in [0.05, 0.1) is 6.61 Å². The summed E-state index contributed by atoms with van der Waals surface area (Å²) in [6, 6.07) is 7.68. The van der Waals surface area contributed by atoms with Crippen LogP contribution < -0.4 is 0 Å². The number of hydrogen-bond donors (Lipinski definition) is 1. The first kappa shape index (κ1) is 13.2. The van der Waals surface area contributed by atoms with Gasteiger partial charge in [0, 0.05) is 4.86 Å². The summed E-state index contributed by atoms with van der Waals surface area (Å²) >= 11 is 9.38. The largest absolute Gasteiger partial charge is 0.465 e. The van der Waals surface area contributed by atoms with E-state index in [1.807, 2.05) is 31.2 Å². The molecule has 1 rings (SSSR count). The van der Waals surface area contributed by atoms with Crippen molar-refractivity contribution in [1.82, 2.24) is 0 Å². The second-order valence-electron chi connectivity index (χ2n) is 3.38. The number of hydrogen-bond acceptors (Lipinski definition) is 4. The highest BCUT2D eigenvalue weighted by Gasteiger charge is 2.21. The van der Waals surface area contributed by atoms with Crippen molar-refractivity contribution in [3.8, 4) is 0 Å². The lowest BCUT2D eigenvalue weighted by atomic mass is 10.1. The summed E-state index contributed by atoms with van der Waals surface area (Å²) in [5.74, 6) is -0.392. The third-order valence-electron chi connectivity index (χ3n) is 2.09. The Kier molecular flexibility index (Phi) is 4.96. The SMILES string of the molecule is CCOC(=O)C(S)C(=S)c1ccc(C)cc1. The van der Waals surface area contributed by atoms with Crippen molar-refractivity contribution < 1.29 is 9.53 Å². The molecule has 0 radical (unpaired) electrons. The van der Waals surface area contributed by atoms with Crippen molar-refractivity contribution >= 4 is 35.7 Å². The van der Waals surface area contributed by atoms with E-state index in [1.165, 1.54) is 0 Å². The Labute approximate surface area is 106 Å². The fraction of sp³-hybridized carbons (Fsp3) is 0.333. The molecule has 16 heavy (non-hydrogen) atoms. The Morgan fingerprint density at radius 3 is 2.50 bits per heavy atom. The second kappa shape index (κ2) is 6.01. The quantitative estimate of drug-likeness (QED) is 0.387. The van der Waals surface area contributed by atoms with E-state index in [1.54, 1.807) is 6.92 Å². The number of thiol groups is 1. The van der Waals surface area contributed by atoms with E-state index in [2.05, 4.69) is 12.6 Å². The van der Waals surface area contributed by atoms with Crippen LogP contribution in [0.4, 0.5) is 0 Å². The maximum absolute atomic E-state index is 11.4. The summed E-state index contributed by atoms with van der Waals surface area (Å²) in [5.41, 5.74) is 1.99. The number of ether oxygens (including phenoxy) is 1. The fourth-order valence-electron chi connectivity index (χ4n) is 1.20. The van der Waals surface area contributed by atoms with Crippen LogP contribution in [-0.4, -0.2) is 22.7 Å². The molecule has 4 heteroatoms. The van der Waals surface area contributed by atoms with Gasteiger partial charge in [-0.25, -0.2) is 0 Å². The van der Waals surface area contributed by atoms with E-state index in [4.69, 9.17) is 17.0 Å². The number of thiocarbonyl (C=S) groups is 1. The minimum absolute atomic E-state index is 0.340. The molecule has 0 amide bonds. The van der Waals surface area contributed by atoms with E-state index < -0.39 is 11.2 Å². The first-order valence-corrected chi connectivity index (χ1v) is 5.94. The molecule has 0 spiro atoms. The summed E-state index contributed by atoms with van der Waals surface area (Å²) in [6.45, 7) is 4.09. The maximum atomic E-state index is 11.4. The van der Waals surface area contributed by atoms with Gasteiger partial charge in [0.25, 0.3) is 0 Å². The molecule has 2 nitrogen and oxygen atoms in total. The molecule has 0 aliphatic rings. The van der Waals surface area contributed by atoms with Crippen molar-refractivity contribution in [2.45, 2.75) is 19.1 Å². The molecule has 86 valence electrons. The van der Waals surface area contributed by atoms with E-state index >= 15 is 0 Å². The molecular weight excluding hydrogens is 240 g/mol. The lowest BCUT2D eigenvalue weighted by Crippen LogP contribution is -2.26. The van der Waals surface area contributed by atoms with Crippen LogP contribution in [0.2, 0.25) is 0 Å². The number of benzene rings is 1. The van der Waals surface area contributed by atoms with Gasteiger partial charge >= 0.3 is 5.97 Å². The van der Waals surface area contributed by atoms with Crippen LogP contribution in [-0.2, 0) is 9.53 Å². The zero-order valence-electron chi connectivity index (χ0n) is 9.27. The van der Waals surface area contributed by atoms with E-state index in [9.17, 15) is 4.79 Å². The minimum Gasteiger partial charge on any atom is -0.465 e. The normalized spacial score (nSPS) is 11.9. The van der Waals surface area contributed by atoms with Gasteiger partial charge < -0.3 is 4.74 Å². The fourth-order valence-corrected chi connectivity index (χ4v) is 1.66. The third kappa shape index (κ3) is 3.32. The van der Waals surface area contributed by atoms with Gasteiger partial charge in [-0.05, 0) is 19.4 Å². The summed E-state index contributed by atoms with van der Waals surface area (Å²) in [4.78, 5) is 11.9.